The number of rotatable bonds is 4. The van der Waals surface area contributed by atoms with E-state index in [-0.39, 0.29) is 10.6 Å². The molecule has 3 N–H and O–H groups in total. The molecule has 7 heteroatoms. The van der Waals surface area contributed by atoms with Gasteiger partial charge in [-0.1, -0.05) is 6.07 Å². The van der Waals surface area contributed by atoms with Crippen LogP contribution in [0.1, 0.15) is 5.56 Å². The molecule has 2 aromatic rings. The molecule has 6 nitrogen and oxygen atoms in total. The number of nitrogen functional groups attached to an aromatic ring is 1. The number of ether oxygens (including phenoxy) is 1. The lowest BCUT2D eigenvalue weighted by atomic mass is 10.2. The highest BCUT2D eigenvalue weighted by atomic mass is 32.2. The van der Waals surface area contributed by atoms with Crippen LogP contribution in [0.3, 0.4) is 0 Å². The van der Waals surface area contributed by atoms with Crippen molar-refractivity contribution in [3.63, 3.8) is 0 Å². The molecule has 108 valence electrons. The summed E-state index contributed by atoms with van der Waals surface area (Å²) in [5.41, 5.74) is 6.68. The van der Waals surface area contributed by atoms with E-state index in [1.807, 2.05) is 6.07 Å². The maximum Gasteiger partial charge on any atom is 0.262 e. The van der Waals surface area contributed by atoms with Crippen LogP contribution in [0.2, 0.25) is 0 Å². The summed E-state index contributed by atoms with van der Waals surface area (Å²) in [4.78, 5) is 0.0240. The fourth-order valence-electron chi connectivity index (χ4n) is 1.72. The minimum Gasteiger partial charge on any atom is -0.495 e. The van der Waals surface area contributed by atoms with E-state index in [1.54, 1.807) is 18.2 Å². The Morgan fingerprint density at radius 3 is 2.67 bits per heavy atom. The Bertz CT molecular complexity index is 810. The molecule has 0 aromatic heterocycles. The molecule has 2 aromatic carbocycles. The Morgan fingerprint density at radius 2 is 2.00 bits per heavy atom. The summed E-state index contributed by atoms with van der Waals surface area (Å²) in [5.74, 6) is 0.281. The second kappa shape index (κ2) is 5.73. The van der Waals surface area contributed by atoms with Gasteiger partial charge in [0.1, 0.15) is 5.75 Å². The van der Waals surface area contributed by atoms with Crippen LogP contribution in [-0.4, -0.2) is 15.5 Å². The van der Waals surface area contributed by atoms with E-state index < -0.39 is 10.0 Å². The van der Waals surface area contributed by atoms with Crippen LogP contribution in [0.15, 0.2) is 47.4 Å². The average molecular weight is 303 g/mol. The number of methoxy groups -OCH3 is 1. The first-order valence-electron chi connectivity index (χ1n) is 5.93. The van der Waals surface area contributed by atoms with Gasteiger partial charge in [-0.3, -0.25) is 4.72 Å². The minimum atomic E-state index is -3.78. The van der Waals surface area contributed by atoms with Gasteiger partial charge < -0.3 is 10.5 Å². The molecule has 0 fully saturated rings. The Kier molecular flexibility index (Phi) is 4.00. The number of hydrogen-bond acceptors (Lipinski definition) is 5. The fraction of sp³-hybridized carbons (Fsp3) is 0.0714. The van der Waals surface area contributed by atoms with Crippen molar-refractivity contribution in [2.24, 2.45) is 0 Å². The van der Waals surface area contributed by atoms with Gasteiger partial charge in [-0.25, -0.2) is 8.42 Å². The third-order valence-corrected chi connectivity index (χ3v) is 4.14. The smallest absolute Gasteiger partial charge is 0.262 e. The number of nitriles is 1. The van der Waals surface area contributed by atoms with E-state index in [0.29, 0.717) is 16.9 Å². The van der Waals surface area contributed by atoms with Crippen molar-refractivity contribution in [2.75, 3.05) is 17.6 Å². The van der Waals surface area contributed by atoms with Gasteiger partial charge in [0, 0.05) is 6.07 Å². The van der Waals surface area contributed by atoms with Gasteiger partial charge in [-0.15, -0.1) is 0 Å². The van der Waals surface area contributed by atoms with E-state index in [1.165, 1.54) is 31.4 Å². The van der Waals surface area contributed by atoms with E-state index in [2.05, 4.69) is 4.72 Å². The van der Waals surface area contributed by atoms with Crippen molar-refractivity contribution < 1.29 is 13.2 Å². The Balaban J connectivity index is 2.36. The molecule has 0 saturated heterocycles. The molecular weight excluding hydrogens is 290 g/mol. The molecule has 0 heterocycles. The molecule has 0 radical (unpaired) electrons. The molecule has 0 aliphatic carbocycles. The zero-order valence-corrected chi connectivity index (χ0v) is 12.0. The van der Waals surface area contributed by atoms with Crippen molar-refractivity contribution >= 4 is 21.4 Å². The van der Waals surface area contributed by atoms with E-state index in [9.17, 15) is 8.42 Å². The monoisotopic (exact) mass is 303 g/mol. The Hall–Kier alpha value is -2.72. The standard InChI is InChI=1S/C14H13N3O3S/c1-20-14-8-12(5-6-13(14)16)21(18,19)17-11-4-2-3-10(7-11)9-15/h2-8,17H,16H2,1H3. The molecule has 0 amide bonds. The average Bonchev–Trinajstić information content (AvgIpc) is 2.47. The third-order valence-electron chi connectivity index (χ3n) is 2.76. The third kappa shape index (κ3) is 3.24. The number of nitrogens with two attached hydrogens (primary N) is 1. The molecule has 0 unspecified atom stereocenters. The summed E-state index contributed by atoms with van der Waals surface area (Å²) in [6, 6.07) is 12.3. The lowest BCUT2D eigenvalue weighted by Crippen LogP contribution is -2.13. The second-order valence-corrected chi connectivity index (χ2v) is 5.88. The predicted octanol–water partition coefficient (Wildman–Crippen LogP) is 1.95. The zero-order chi connectivity index (χ0) is 15.5. The maximum atomic E-state index is 12.3. The Morgan fingerprint density at radius 1 is 1.24 bits per heavy atom. The summed E-state index contributed by atoms with van der Waals surface area (Å²) in [6.07, 6.45) is 0. The summed E-state index contributed by atoms with van der Waals surface area (Å²) in [7, 11) is -2.37. The molecule has 0 spiro atoms. The predicted molar refractivity (Wildman–Crippen MR) is 79.4 cm³/mol. The van der Waals surface area contributed by atoms with Crippen molar-refractivity contribution in [1.82, 2.24) is 0 Å². The summed E-state index contributed by atoms with van der Waals surface area (Å²) >= 11 is 0. The van der Waals surface area contributed by atoms with Crippen molar-refractivity contribution in [3.8, 4) is 11.8 Å². The minimum absolute atomic E-state index is 0.0240. The fourth-order valence-corrected chi connectivity index (χ4v) is 2.79. The topological polar surface area (TPSA) is 105 Å². The quantitative estimate of drug-likeness (QED) is 0.840. The Labute approximate surface area is 122 Å². The highest BCUT2D eigenvalue weighted by molar-refractivity contribution is 7.92. The van der Waals surface area contributed by atoms with Gasteiger partial charge in [0.05, 0.1) is 35.0 Å². The number of anilines is 2. The van der Waals surface area contributed by atoms with Crippen molar-refractivity contribution in [2.45, 2.75) is 4.90 Å². The molecule has 0 saturated carbocycles. The summed E-state index contributed by atoms with van der Waals surface area (Å²) in [6.45, 7) is 0. The first-order valence-corrected chi connectivity index (χ1v) is 7.41. The lowest BCUT2D eigenvalue weighted by Gasteiger charge is -2.10. The van der Waals surface area contributed by atoms with E-state index in [4.69, 9.17) is 15.7 Å². The number of nitrogens with zero attached hydrogens (tertiary/aromatic N) is 1. The van der Waals surface area contributed by atoms with Gasteiger partial charge in [-0.2, -0.15) is 5.26 Å². The zero-order valence-electron chi connectivity index (χ0n) is 11.2. The van der Waals surface area contributed by atoms with E-state index in [0.717, 1.165) is 0 Å². The van der Waals surface area contributed by atoms with Crippen LogP contribution in [0, 0.1) is 11.3 Å². The van der Waals surface area contributed by atoms with Crippen LogP contribution in [0.4, 0.5) is 11.4 Å². The molecule has 0 aliphatic rings. The highest BCUT2D eigenvalue weighted by Crippen LogP contribution is 2.26. The molecule has 2 rings (SSSR count). The first-order chi connectivity index (χ1) is 9.96. The van der Waals surface area contributed by atoms with Crippen LogP contribution >= 0.6 is 0 Å². The molecule has 0 atom stereocenters. The highest BCUT2D eigenvalue weighted by Gasteiger charge is 2.16. The van der Waals surface area contributed by atoms with Crippen molar-refractivity contribution in [3.05, 3.63) is 48.0 Å². The van der Waals surface area contributed by atoms with Gasteiger partial charge in [0.25, 0.3) is 10.0 Å². The number of benzene rings is 2. The van der Waals surface area contributed by atoms with Crippen LogP contribution in [-0.2, 0) is 10.0 Å². The first kappa shape index (κ1) is 14.7. The van der Waals surface area contributed by atoms with Gasteiger partial charge in [0.2, 0.25) is 0 Å². The number of nitrogens with one attached hydrogen (secondary N) is 1. The normalized spacial score (nSPS) is 10.7. The van der Waals surface area contributed by atoms with Crippen molar-refractivity contribution in [1.29, 1.82) is 5.26 Å². The molecular formula is C14H13N3O3S. The van der Waals surface area contributed by atoms with Gasteiger partial charge in [0.15, 0.2) is 0 Å². The van der Waals surface area contributed by atoms with Gasteiger partial charge >= 0.3 is 0 Å². The van der Waals surface area contributed by atoms with Crippen LogP contribution in [0.25, 0.3) is 0 Å². The molecule has 0 bridgehead atoms. The summed E-state index contributed by atoms with van der Waals surface area (Å²) < 4.78 is 32.0. The van der Waals surface area contributed by atoms with Crippen LogP contribution < -0.4 is 15.2 Å². The largest absolute Gasteiger partial charge is 0.495 e. The molecule has 0 aliphatic heterocycles. The van der Waals surface area contributed by atoms with Crippen LogP contribution in [0.5, 0.6) is 5.75 Å². The maximum absolute atomic E-state index is 12.3. The van der Waals surface area contributed by atoms with E-state index >= 15 is 0 Å². The number of hydrogen-bond donors (Lipinski definition) is 2. The second-order valence-electron chi connectivity index (χ2n) is 4.20. The lowest BCUT2D eigenvalue weighted by molar-refractivity contribution is 0.415. The SMILES string of the molecule is COc1cc(S(=O)(=O)Nc2cccc(C#N)c2)ccc1N. The summed E-state index contributed by atoms with van der Waals surface area (Å²) in [5, 5.41) is 8.82. The van der Waals surface area contributed by atoms with Gasteiger partial charge in [-0.05, 0) is 30.3 Å². The number of sulfonamides is 1. The molecule has 21 heavy (non-hydrogen) atoms.